The number of carbonyl (C=O) groups excluding carboxylic acids is 2. The number of amides is 3. The summed E-state index contributed by atoms with van der Waals surface area (Å²) in [5, 5.41) is 8.17. The van der Waals surface area contributed by atoms with E-state index in [1.807, 2.05) is 14.1 Å². The molecule has 0 fully saturated rings. The number of aromatic nitrogens is 1. The Kier molecular flexibility index (Phi) is 8.53. The van der Waals surface area contributed by atoms with Gasteiger partial charge in [0.05, 0.1) is 23.1 Å². The van der Waals surface area contributed by atoms with E-state index in [1.165, 1.54) is 12.1 Å². The van der Waals surface area contributed by atoms with Gasteiger partial charge in [0, 0.05) is 6.20 Å². The molecular weight excluding hydrogens is 435 g/mol. The second-order valence-corrected chi connectivity index (χ2v) is 8.09. The smallest absolute Gasteiger partial charge is 0.319 e. The average molecular weight is 465 g/mol. The maximum atomic E-state index is 13.9. The number of halogens is 1. The Morgan fingerprint density at radius 1 is 1.00 bits per heavy atom. The number of nitrogens with zero attached hydrogens (tertiary/aromatic N) is 2. The molecule has 3 aromatic rings. The van der Waals surface area contributed by atoms with Crippen LogP contribution in [0.3, 0.4) is 0 Å². The zero-order chi connectivity index (χ0) is 24.5. The van der Waals surface area contributed by atoms with Gasteiger partial charge in [-0.15, -0.1) is 0 Å². The lowest BCUT2D eigenvalue weighted by atomic mass is 10.0. The number of hydrogen-bond acceptors (Lipinski definition) is 5. The van der Waals surface area contributed by atoms with Crippen molar-refractivity contribution >= 4 is 29.0 Å². The molecule has 3 amide bonds. The van der Waals surface area contributed by atoms with E-state index >= 15 is 0 Å². The predicted molar refractivity (Wildman–Crippen MR) is 132 cm³/mol. The lowest BCUT2D eigenvalue weighted by Gasteiger charge is -2.21. The van der Waals surface area contributed by atoms with Crippen molar-refractivity contribution in [1.82, 2.24) is 15.2 Å². The molecule has 0 saturated heterocycles. The van der Waals surface area contributed by atoms with Gasteiger partial charge >= 0.3 is 6.03 Å². The van der Waals surface area contributed by atoms with Gasteiger partial charge in [-0.25, -0.2) is 9.18 Å². The second kappa shape index (κ2) is 11.8. The summed E-state index contributed by atoms with van der Waals surface area (Å²) >= 11 is 0. The number of rotatable bonds is 9. The second-order valence-electron chi connectivity index (χ2n) is 8.09. The van der Waals surface area contributed by atoms with Crippen molar-refractivity contribution in [3.05, 3.63) is 83.9 Å². The van der Waals surface area contributed by atoms with Crippen molar-refractivity contribution in [2.45, 2.75) is 18.9 Å². The molecule has 9 heteroatoms. The van der Waals surface area contributed by atoms with Gasteiger partial charge in [0.2, 0.25) is 0 Å². The third-order valence-corrected chi connectivity index (χ3v) is 5.16. The molecule has 178 valence electrons. The van der Waals surface area contributed by atoms with E-state index in [0.29, 0.717) is 17.8 Å². The summed E-state index contributed by atoms with van der Waals surface area (Å²) in [5.74, 6) is -0.906. The van der Waals surface area contributed by atoms with Crippen LogP contribution in [0.1, 0.15) is 34.9 Å². The van der Waals surface area contributed by atoms with Gasteiger partial charge in [-0.2, -0.15) is 0 Å². The number of carbonyl (C=O) groups is 2. The van der Waals surface area contributed by atoms with Crippen LogP contribution in [0.5, 0.6) is 0 Å². The molecule has 1 heterocycles. The molecule has 0 aliphatic rings. The van der Waals surface area contributed by atoms with Crippen LogP contribution in [-0.4, -0.2) is 42.5 Å². The first-order valence-electron chi connectivity index (χ1n) is 10.9. The summed E-state index contributed by atoms with van der Waals surface area (Å²) in [5.41, 5.74) is 7.89. The van der Waals surface area contributed by atoms with Crippen molar-refractivity contribution in [2.24, 2.45) is 0 Å². The molecule has 1 aromatic heterocycles. The molecule has 8 nitrogen and oxygen atoms in total. The van der Waals surface area contributed by atoms with Crippen LogP contribution in [0.2, 0.25) is 0 Å². The maximum Gasteiger partial charge on any atom is 0.319 e. The summed E-state index contributed by atoms with van der Waals surface area (Å²) in [6.45, 7) is 0.833. The summed E-state index contributed by atoms with van der Waals surface area (Å²) < 4.78 is 13.9. The topological polar surface area (TPSA) is 112 Å². The van der Waals surface area contributed by atoms with Gasteiger partial charge in [-0.05, 0) is 69.4 Å². The molecule has 0 radical (unpaired) electrons. The van der Waals surface area contributed by atoms with Gasteiger partial charge in [-0.3, -0.25) is 9.78 Å². The molecule has 34 heavy (non-hydrogen) atoms. The average Bonchev–Trinajstić information content (AvgIpc) is 2.81. The summed E-state index contributed by atoms with van der Waals surface area (Å²) in [6, 6.07) is 15.4. The fraction of sp³-hybridized carbons (Fsp3) is 0.240. The van der Waals surface area contributed by atoms with E-state index in [2.05, 4.69) is 25.8 Å². The normalized spacial score (nSPS) is 11.6. The fourth-order valence-corrected chi connectivity index (χ4v) is 3.36. The minimum Gasteiger partial charge on any atom is -0.397 e. The lowest BCUT2D eigenvalue weighted by molar-refractivity contribution is 0.102. The molecule has 1 unspecified atom stereocenters. The Hall–Kier alpha value is -3.98. The fourth-order valence-electron chi connectivity index (χ4n) is 3.36. The first kappa shape index (κ1) is 24.7. The highest BCUT2D eigenvalue weighted by atomic mass is 19.1. The van der Waals surface area contributed by atoms with E-state index in [-0.39, 0.29) is 23.3 Å². The minimum atomic E-state index is -0.527. The molecule has 0 aliphatic carbocycles. The zero-order valence-corrected chi connectivity index (χ0v) is 19.2. The molecule has 5 N–H and O–H groups in total. The number of pyridine rings is 1. The lowest BCUT2D eigenvalue weighted by Crippen LogP contribution is -2.33. The van der Waals surface area contributed by atoms with Crippen molar-refractivity contribution < 1.29 is 14.0 Å². The number of benzene rings is 2. The summed E-state index contributed by atoms with van der Waals surface area (Å²) in [6.07, 6.45) is 3.01. The van der Waals surface area contributed by atoms with Gasteiger partial charge in [0.1, 0.15) is 11.5 Å². The van der Waals surface area contributed by atoms with Crippen LogP contribution in [0.4, 0.5) is 26.2 Å². The Morgan fingerprint density at radius 2 is 1.71 bits per heavy atom. The van der Waals surface area contributed by atoms with E-state index in [0.717, 1.165) is 18.5 Å². The van der Waals surface area contributed by atoms with Crippen LogP contribution in [0.15, 0.2) is 66.9 Å². The Bertz CT molecular complexity index is 1120. The highest BCUT2D eigenvalue weighted by Gasteiger charge is 2.17. The van der Waals surface area contributed by atoms with Crippen molar-refractivity contribution in [3.63, 3.8) is 0 Å². The highest BCUT2D eigenvalue weighted by Crippen LogP contribution is 2.21. The molecule has 2 aromatic carbocycles. The zero-order valence-electron chi connectivity index (χ0n) is 19.2. The number of anilines is 3. The van der Waals surface area contributed by atoms with E-state index in [4.69, 9.17) is 5.73 Å². The number of hydrogen-bond donors (Lipinski definition) is 4. The Morgan fingerprint density at radius 3 is 2.35 bits per heavy atom. The SMILES string of the molecule is CN(C)CCCC(NC(=O)Nc1ccccc1F)c1ccc(C(=O)Nc2ccccc2N)nc1. The summed E-state index contributed by atoms with van der Waals surface area (Å²) in [4.78, 5) is 31.4. The summed E-state index contributed by atoms with van der Waals surface area (Å²) in [7, 11) is 3.95. The van der Waals surface area contributed by atoms with Gasteiger partial charge in [-0.1, -0.05) is 30.3 Å². The maximum absolute atomic E-state index is 13.9. The van der Waals surface area contributed by atoms with E-state index < -0.39 is 11.8 Å². The minimum absolute atomic E-state index is 0.0948. The van der Waals surface area contributed by atoms with Crippen molar-refractivity contribution in [1.29, 1.82) is 0 Å². The Labute approximate surface area is 198 Å². The third-order valence-electron chi connectivity index (χ3n) is 5.16. The number of nitrogens with one attached hydrogen (secondary N) is 3. The first-order chi connectivity index (χ1) is 16.3. The monoisotopic (exact) mass is 464 g/mol. The number of nitrogen functional groups attached to an aromatic ring is 1. The number of urea groups is 1. The number of para-hydroxylation sites is 3. The first-order valence-corrected chi connectivity index (χ1v) is 10.9. The molecule has 0 bridgehead atoms. The van der Waals surface area contributed by atoms with Crippen molar-refractivity contribution in [3.8, 4) is 0 Å². The molecule has 1 atom stereocenters. The van der Waals surface area contributed by atoms with E-state index in [1.54, 1.807) is 54.7 Å². The molecular formula is C25H29FN6O2. The molecule has 3 rings (SSSR count). The van der Waals surface area contributed by atoms with Crippen LogP contribution in [0, 0.1) is 5.82 Å². The van der Waals surface area contributed by atoms with Crippen molar-refractivity contribution in [2.75, 3.05) is 37.0 Å². The number of nitrogens with two attached hydrogens (primary N) is 1. The van der Waals surface area contributed by atoms with E-state index in [9.17, 15) is 14.0 Å². The molecule has 0 saturated carbocycles. The quantitative estimate of drug-likeness (QED) is 0.354. The molecule has 0 aliphatic heterocycles. The van der Waals surface area contributed by atoms with Gasteiger partial charge in [0.15, 0.2) is 0 Å². The third kappa shape index (κ3) is 7.01. The highest BCUT2D eigenvalue weighted by molar-refractivity contribution is 6.04. The van der Waals surface area contributed by atoms with Crippen LogP contribution in [-0.2, 0) is 0 Å². The standard InChI is InChI=1S/C25H29FN6O2/c1-32(2)15-7-12-20(30-25(34)31-21-10-5-3-8-18(21)26)17-13-14-23(28-16-17)24(33)29-22-11-6-4-9-19(22)27/h3-6,8-11,13-14,16,20H,7,12,15,27H2,1-2H3,(H,29,33)(H2,30,31,34). The van der Waals surface area contributed by atoms with Crippen LogP contribution >= 0.6 is 0 Å². The van der Waals surface area contributed by atoms with Gasteiger partial charge in [0.25, 0.3) is 5.91 Å². The largest absolute Gasteiger partial charge is 0.397 e. The molecule has 0 spiro atoms. The van der Waals surface area contributed by atoms with Crippen LogP contribution < -0.4 is 21.7 Å². The Balaban J connectivity index is 1.70. The predicted octanol–water partition coefficient (Wildman–Crippen LogP) is 4.26. The van der Waals surface area contributed by atoms with Gasteiger partial charge < -0.3 is 26.6 Å². The van der Waals surface area contributed by atoms with Crippen LogP contribution in [0.25, 0.3) is 0 Å².